The van der Waals surface area contributed by atoms with Crippen molar-refractivity contribution in [2.75, 3.05) is 65.9 Å². The molecule has 0 spiro atoms. The number of rotatable bonds is 1. The Morgan fingerprint density at radius 3 is 1.90 bits per heavy atom. The maximum atomic E-state index is 4.18. The molecule has 0 aromatic rings. The van der Waals surface area contributed by atoms with Gasteiger partial charge in [-0.05, 0) is 0 Å². The van der Waals surface area contributed by atoms with Gasteiger partial charge < -0.3 is 0 Å². The molecule has 0 nitrogen and oxygen atoms in total. The molecule has 1 aliphatic heterocycles. The van der Waals surface area contributed by atoms with Gasteiger partial charge in [0.1, 0.15) is 0 Å². The van der Waals surface area contributed by atoms with E-state index in [9.17, 15) is 0 Å². The second-order valence-electron chi connectivity index (χ2n) is 9.08. The predicted molar refractivity (Wildman–Crippen MR) is 115 cm³/mol. The summed E-state index contributed by atoms with van der Waals surface area (Å²) in [5.74, 6) is 2.34. The fourth-order valence-corrected chi connectivity index (χ4v) is 51.6. The van der Waals surface area contributed by atoms with Crippen LogP contribution in [0.4, 0.5) is 0 Å². The second kappa shape index (κ2) is 5.71. The Morgan fingerprint density at radius 2 is 1.50 bits per heavy atom. The molecule has 0 radical (unpaired) electrons. The van der Waals surface area contributed by atoms with E-state index in [1.54, 1.807) is 0 Å². The van der Waals surface area contributed by atoms with E-state index in [4.69, 9.17) is 0 Å². The average Bonchev–Trinajstić information content (AvgIpc) is 2.10. The molecule has 0 fully saturated rings. The molecule has 0 aromatic heterocycles. The maximum absolute atomic E-state index is 4.18. The summed E-state index contributed by atoms with van der Waals surface area (Å²) >= 11 is 0. The van der Waals surface area contributed by atoms with Crippen molar-refractivity contribution in [1.29, 1.82) is 0 Å². The van der Waals surface area contributed by atoms with E-state index in [0.717, 1.165) is 11.3 Å². The summed E-state index contributed by atoms with van der Waals surface area (Å²) in [6.07, 6.45) is -1.60. The van der Waals surface area contributed by atoms with Gasteiger partial charge in [-0.3, -0.25) is 0 Å². The summed E-state index contributed by atoms with van der Waals surface area (Å²) < 4.78 is 0. The molecule has 0 amide bonds. The zero-order valence-corrected chi connectivity index (χ0v) is 20.1. The van der Waals surface area contributed by atoms with Crippen molar-refractivity contribution < 1.29 is 0 Å². The molecule has 1 aliphatic rings. The van der Waals surface area contributed by atoms with Crippen molar-refractivity contribution in [1.82, 2.24) is 0 Å². The third-order valence-corrected chi connectivity index (χ3v) is 41.9. The minimum absolute atomic E-state index is 0.00589. The van der Waals surface area contributed by atoms with E-state index in [0.29, 0.717) is 0 Å². The molecule has 3 atom stereocenters. The van der Waals surface area contributed by atoms with Crippen LogP contribution in [-0.2, 0) is 0 Å². The fourth-order valence-electron chi connectivity index (χ4n) is 4.39. The van der Waals surface area contributed by atoms with Crippen LogP contribution in [-0.4, -0.2) is 71.3 Å². The minimum atomic E-state index is -1.60. The molecule has 0 saturated heterocycles. The number of hydrogen-bond acceptors (Lipinski definition) is 0. The summed E-state index contributed by atoms with van der Waals surface area (Å²) in [6.45, 7) is 27.9. The van der Waals surface area contributed by atoms with Crippen LogP contribution in [0.3, 0.4) is 0 Å². The molecule has 0 aromatic carbocycles. The Labute approximate surface area is 131 Å². The van der Waals surface area contributed by atoms with Gasteiger partial charge in [0.15, 0.2) is 0 Å². The average molecular weight is 372 g/mol. The van der Waals surface area contributed by atoms with Crippen molar-refractivity contribution in [3.05, 3.63) is 0 Å². The van der Waals surface area contributed by atoms with Crippen LogP contribution >= 0.6 is 35.2 Å². The van der Waals surface area contributed by atoms with Gasteiger partial charge >= 0.3 is 132 Å². The topological polar surface area (TPSA) is 0 Å². The van der Waals surface area contributed by atoms with E-state index in [2.05, 4.69) is 79.2 Å². The zero-order valence-electron chi connectivity index (χ0n) is 15.6. The standard InChI is InChI=1S/C15H37P5/c1-14(2)15-19(7,8)16(3)12-18(5,6)13-17(4)20(15,9,10)11/h14-15H,13H2,1-11H3/q+2. The van der Waals surface area contributed by atoms with Crippen LogP contribution in [0.2, 0.25) is 0 Å². The van der Waals surface area contributed by atoms with Crippen molar-refractivity contribution in [3.8, 4) is 5.37 Å². The Morgan fingerprint density at radius 1 is 1.05 bits per heavy atom. The van der Waals surface area contributed by atoms with E-state index in [1.807, 2.05) is 0 Å². The quantitative estimate of drug-likeness (QED) is 0.439. The van der Waals surface area contributed by atoms with Gasteiger partial charge in [-0.1, -0.05) is 0 Å². The van der Waals surface area contributed by atoms with Crippen molar-refractivity contribution in [2.24, 2.45) is 5.92 Å². The first-order valence-electron chi connectivity index (χ1n) is 7.51. The van der Waals surface area contributed by atoms with Gasteiger partial charge in [0.05, 0.1) is 0 Å². The van der Waals surface area contributed by atoms with Crippen molar-refractivity contribution in [2.45, 2.75) is 19.2 Å². The van der Waals surface area contributed by atoms with Gasteiger partial charge in [0.2, 0.25) is 0 Å². The Balaban J connectivity index is 3.67. The Kier molecular flexibility index (Phi) is 5.66. The summed E-state index contributed by atoms with van der Waals surface area (Å²) in [7, 11) is -0.748. The first-order chi connectivity index (χ1) is 8.60. The van der Waals surface area contributed by atoms with Gasteiger partial charge in [0.25, 0.3) is 0 Å². The molecule has 0 bridgehead atoms. The summed E-state index contributed by atoms with van der Waals surface area (Å²) in [5.41, 5.74) is 0. The monoisotopic (exact) mass is 372 g/mol. The van der Waals surface area contributed by atoms with Crippen molar-refractivity contribution in [3.63, 3.8) is 0 Å². The Hall–Kier alpha value is 1.80. The third kappa shape index (κ3) is 3.65. The first kappa shape index (κ1) is 19.8. The van der Waals surface area contributed by atoms with Crippen LogP contribution in [0.1, 0.15) is 13.8 Å². The second-order valence-corrected chi connectivity index (χ2v) is 38.1. The van der Waals surface area contributed by atoms with E-state index in [-0.39, 0.29) is 14.7 Å². The third-order valence-electron chi connectivity index (χ3n) is 5.12. The fraction of sp³-hybridized carbons (Fsp3) is 0.933. The first-order valence-corrected chi connectivity index (χ1v) is 22.0. The number of hydrogen-bond donors (Lipinski definition) is 0. The van der Waals surface area contributed by atoms with E-state index >= 15 is 0 Å². The molecule has 0 aliphatic carbocycles. The zero-order chi connectivity index (χ0) is 16.2. The van der Waals surface area contributed by atoms with E-state index < -0.39 is 20.5 Å². The van der Waals surface area contributed by atoms with Crippen LogP contribution in [0.5, 0.6) is 0 Å². The van der Waals surface area contributed by atoms with Gasteiger partial charge in [-0.25, -0.2) is 0 Å². The molecule has 1 heterocycles. The van der Waals surface area contributed by atoms with Crippen LogP contribution in [0, 0.1) is 11.3 Å². The molecular weight excluding hydrogens is 335 g/mol. The molecule has 20 heavy (non-hydrogen) atoms. The molecule has 5 heteroatoms. The van der Waals surface area contributed by atoms with Crippen molar-refractivity contribution >= 4 is 35.2 Å². The SMILES string of the molecule is CC(C)C1[P+](C)(C)P(C)#C[P+](C)(C)CP(C)P1(C)(C)C. The molecular formula is C15H37P5+2. The predicted octanol–water partition coefficient (Wildman–Crippen LogP) is 6.91. The summed E-state index contributed by atoms with van der Waals surface area (Å²) in [6, 6.07) is 0. The van der Waals surface area contributed by atoms with Gasteiger partial charge in [-0.15, -0.1) is 0 Å². The summed E-state index contributed by atoms with van der Waals surface area (Å²) in [4.78, 5) is 0. The molecule has 120 valence electrons. The molecule has 3 unspecified atom stereocenters. The normalized spacial score (nSPS) is 38.6. The van der Waals surface area contributed by atoms with Crippen LogP contribution in [0.15, 0.2) is 0 Å². The van der Waals surface area contributed by atoms with Crippen LogP contribution < -0.4 is 0 Å². The van der Waals surface area contributed by atoms with Gasteiger partial charge in [-0.2, -0.15) is 0 Å². The Bertz CT molecular complexity index is 467. The summed E-state index contributed by atoms with van der Waals surface area (Å²) in [5, 5.41) is 5.18. The van der Waals surface area contributed by atoms with Crippen LogP contribution in [0.25, 0.3) is 0 Å². The molecule has 1 rings (SSSR count). The molecule has 0 saturated carbocycles. The van der Waals surface area contributed by atoms with Gasteiger partial charge in [0, 0.05) is 0 Å². The molecule has 0 N–H and O–H groups in total. The van der Waals surface area contributed by atoms with E-state index in [1.165, 1.54) is 5.90 Å².